The van der Waals surface area contributed by atoms with Crippen molar-refractivity contribution >= 4 is 17.7 Å². The van der Waals surface area contributed by atoms with Crippen molar-refractivity contribution in [2.45, 2.75) is 25.8 Å². The van der Waals surface area contributed by atoms with Crippen LogP contribution >= 0.6 is 0 Å². The fourth-order valence-electron chi connectivity index (χ4n) is 2.44. The second-order valence-electron chi connectivity index (χ2n) is 4.64. The van der Waals surface area contributed by atoms with Gasteiger partial charge in [0.25, 0.3) is 0 Å². The van der Waals surface area contributed by atoms with E-state index in [2.05, 4.69) is 10.3 Å². The van der Waals surface area contributed by atoms with E-state index in [1.165, 1.54) is 6.20 Å². The molecule has 19 heavy (non-hydrogen) atoms. The Hall–Kier alpha value is -2.11. The molecule has 0 aromatic carbocycles. The van der Waals surface area contributed by atoms with Crippen molar-refractivity contribution in [2.75, 3.05) is 18.5 Å². The molecule has 0 bridgehead atoms. The molecule has 6 nitrogen and oxygen atoms in total. The molecule has 1 aliphatic rings. The van der Waals surface area contributed by atoms with Crippen molar-refractivity contribution < 1.29 is 14.7 Å². The van der Waals surface area contributed by atoms with Gasteiger partial charge in [-0.3, -0.25) is 4.79 Å². The number of aromatic nitrogens is 1. The number of likely N-dealkylation sites (N-methyl/N-ethyl adjacent to an activating group) is 1. The van der Waals surface area contributed by atoms with E-state index in [-0.39, 0.29) is 17.5 Å². The van der Waals surface area contributed by atoms with Gasteiger partial charge in [-0.25, -0.2) is 9.78 Å². The summed E-state index contributed by atoms with van der Waals surface area (Å²) in [6.07, 6.45) is 3.06. The first-order valence-corrected chi connectivity index (χ1v) is 6.22. The highest BCUT2D eigenvalue weighted by molar-refractivity contribution is 5.88. The average molecular weight is 263 g/mol. The Balaban J connectivity index is 2.31. The molecule has 2 N–H and O–H groups in total. The monoisotopic (exact) mass is 263 g/mol. The summed E-state index contributed by atoms with van der Waals surface area (Å²) < 4.78 is 0. The summed E-state index contributed by atoms with van der Waals surface area (Å²) in [4.78, 5) is 28.9. The Morgan fingerprint density at radius 1 is 1.53 bits per heavy atom. The molecule has 0 radical (unpaired) electrons. The van der Waals surface area contributed by atoms with Gasteiger partial charge in [0.2, 0.25) is 5.91 Å². The number of pyridine rings is 1. The lowest BCUT2D eigenvalue weighted by atomic mass is 10.1. The lowest BCUT2D eigenvalue weighted by Crippen LogP contribution is -2.42. The maximum absolute atomic E-state index is 11.8. The van der Waals surface area contributed by atoms with Crippen molar-refractivity contribution in [2.24, 2.45) is 0 Å². The van der Waals surface area contributed by atoms with Crippen molar-refractivity contribution in [3.8, 4) is 0 Å². The number of nitrogens with one attached hydrogen (secondary N) is 1. The van der Waals surface area contributed by atoms with E-state index in [1.807, 2.05) is 11.8 Å². The summed E-state index contributed by atoms with van der Waals surface area (Å²) >= 11 is 0. The smallest absolute Gasteiger partial charge is 0.337 e. The highest BCUT2D eigenvalue weighted by atomic mass is 16.4. The van der Waals surface area contributed by atoms with E-state index in [1.54, 1.807) is 13.1 Å². The zero-order valence-corrected chi connectivity index (χ0v) is 11.0. The van der Waals surface area contributed by atoms with Crippen LogP contribution in [0.25, 0.3) is 0 Å². The SMILES string of the molecule is CNC(=O)C1CCCN1c1ncc(C(=O)O)cc1C. The van der Waals surface area contributed by atoms with Gasteiger partial charge in [0.05, 0.1) is 5.56 Å². The minimum absolute atomic E-state index is 0.0268. The Bertz CT molecular complexity index is 516. The van der Waals surface area contributed by atoms with E-state index >= 15 is 0 Å². The van der Waals surface area contributed by atoms with E-state index in [4.69, 9.17) is 5.11 Å². The van der Waals surface area contributed by atoms with E-state index in [0.29, 0.717) is 5.82 Å². The number of aryl methyl sites for hydroxylation is 1. The summed E-state index contributed by atoms with van der Waals surface area (Å²) in [7, 11) is 1.62. The van der Waals surface area contributed by atoms with Gasteiger partial charge in [0.15, 0.2) is 0 Å². The van der Waals surface area contributed by atoms with Gasteiger partial charge < -0.3 is 15.3 Å². The van der Waals surface area contributed by atoms with E-state index < -0.39 is 5.97 Å². The van der Waals surface area contributed by atoms with Crippen molar-refractivity contribution in [1.82, 2.24) is 10.3 Å². The summed E-state index contributed by atoms with van der Waals surface area (Å²) in [6.45, 7) is 2.58. The van der Waals surface area contributed by atoms with Crippen LogP contribution in [0.15, 0.2) is 12.3 Å². The number of hydrogen-bond donors (Lipinski definition) is 2. The number of rotatable bonds is 3. The highest BCUT2D eigenvalue weighted by Gasteiger charge is 2.31. The zero-order chi connectivity index (χ0) is 14.0. The lowest BCUT2D eigenvalue weighted by molar-refractivity contribution is -0.121. The molecule has 1 unspecified atom stereocenters. The quantitative estimate of drug-likeness (QED) is 0.843. The molecule has 0 spiro atoms. The molecule has 0 saturated carbocycles. The summed E-state index contributed by atoms with van der Waals surface area (Å²) in [5.74, 6) is -0.330. The molecule has 2 rings (SSSR count). The third kappa shape index (κ3) is 2.52. The first-order valence-electron chi connectivity index (χ1n) is 6.22. The first-order chi connectivity index (χ1) is 9.04. The van der Waals surface area contributed by atoms with Gasteiger partial charge in [-0.1, -0.05) is 0 Å². The maximum Gasteiger partial charge on any atom is 0.337 e. The van der Waals surface area contributed by atoms with Crippen LogP contribution < -0.4 is 10.2 Å². The fourth-order valence-corrected chi connectivity index (χ4v) is 2.44. The van der Waals surface area contributed by atoms with Crippen LogP contribution in [0.3, 0.4) is 0 Å². The standard InChI is InChI=1S/C13H17N3O3/c1-8-6-9(13(18)19)7-15-11(8)16-5-3-4-10(16)12(17)14-2/h6-7,10H,3-5H2,1-2H3,(H,14,17)(H,18,19). The molecule has 1 aliphatic heterocycles. The second kappa shape index (κ2) is 5.26. The summed E-state index contributed by atoms with van der Waals surface area (Å²) in [5.41, 5.74) is 0.938. The molecule has 0 aliphatic carbocycles. The number of carbonyl (C=O) groups excluding carboxylic acids is 1. The predicted molar refractivity (Wildman–Crippen MR) is 70.4 cm³/mol. The largest absolute Gasteiger partial charge is 0.478 e. The lowest BCUT2D eigenvalue weighted by Gasteiger charge is -2.25. The molecule has 1 amide bonds. The molecule has 1 aromatic rings. The van der Waals surface area contributed by atoms with Gasteiger partial charge >= 0.3 is 5.97 Å². The summed E-state index contributed by atoms with van der Waals surface area (Å²) in [6, 6.07) is 1.37. The Morgan fingerprint density at radius 3 is 2.84 bits per heavy atom. The first kappa shape index (κ1) is 13.3. The number of hydrogen-bond acceptors (Lipinski definition) is 4. The maximum atomic E-state index is 11.8. The van der Waals surface area contributed by atoms with E-state index in [9.17, 15) is 9.59 Å². The van der Waals surface area contributed by atoms with Crippen molar-refractivity contribution in [1.29, 1.82) is 0 Å². The molecular formula is C13H17N3O3. The topological polar surface area (TPSA) is 82.5 Å². The normalized spacial score (nSPS) is 18.4. The second-order valence-corrected chi connectivity index (χ2v) is 4.64. The van der Waals surface area contributed by atoms with Crippen molar-refractivity contribution in [3.05, 3.63) is 23.4 Å². The van der Waals surface area contributed by atoms with Gasteiger partial charge in [-0.05, 0) is 31.4 Å². The Kier molecular flexibility index (Phi) is 3.69. The van der Waals surface area contributed by atoms with Crippen LogP contribution in [-0.4, -0.2) is 41.6 Å². The van der Waals surface area contributed by atoms with Crippen LogP contribution in [-0.2, 0) is 4.79 Å². The van der Waals surface area contributed by atoms with Crippen LogP contribution in [0, 0.1) is 6.92 Å². The van der Waals surface area contributed by atoms with Crippen molar-refractivity contribution in [3.63, 3.8) is 0 Å². The molecule has 1 aromatic heterocycles. The third-order valence-electron chi connectivity index (χ3n) is 3.37. The molecule has 2 heterocycles. The molecule has 1 fully saturated rings. The number of carbonyl (C=O) groups is 2. The van der Waals surface area contributed by atoms with Crippen LogP contribution in [0.1, 0.15) is 28.8 Å². The van der Waals surface area contributed by atoms with Gasteiger partial charge in [-0.2, -0.15) is 0 Å². The predicted octanol–water partition coefficient (Wildman–Crippen LogP) is 0.803. The molecule has 102 valence electrons. The number of aromatic carboxylic acids is 1. The summed E-state index contributed by atoms with van der Waals surface area (Å²) in [5, 5.41) is 11.6. The zero-order valence-electron chi connectivity index (χ0n) is 11.0. The van der Waals surface area contributed by atoms with Gasteiger partial charge in [0, 0.05) is 19.8 Å². The van der Waals surface area contributed by atoms with E-state index in [0.717, 1.165) is 24.9 Å². The number of carboxylic acids is 1. The van der Waals surface area contributed by atoms with Crippen LogP contribution in [0.4, 0.5) is 5.82 Å². The molecule has 1 saturated heterocycles. The Labute approximate surface area is 111 Å². The number of amides is 1. The molecule has 6 heteroatoms. The van der Waals surface area contributed by atoms with Gasteiger partial charge in [0.1, 0.15) is 11.9 Å². The highest BCUT2D eigenvalue weighted by Crippen LogP contribution is 2.27. The average Bonchev–Trinajstić information content (AvgIpc) is 2.86. The minimum atomic E-state index is -0.994. The van der Waals surface area contributed by atoms with Crippen LogP contribution in [0.5, 0.6) is 0 Å². The molecule has 1 atom stereocenters. The van der Waals surface area contributed by atoms with Gasteiger partial charge in [-0.15, -0.1) is 0 Å². The Morgan fingerprint density at radius 2 is 2.26 bits per heavy atom. The fraction of sp³-hybridized carbons (Fsp3) is 0.462. The molecular weight excluding hydrogens is 246 g/mol. The third-order valence-corrected chi connectivity index (χ3v) is 3.37. The number of anilines is 1. The minimum Gasteiger partial charge on any atom is -0.478 e. The number of nitrogens with zero attached hydrogens (tertiary/aromatic N) is 2. The number of carboxylic acid groups (broad SMARTS) is 1. The van der Waals surface area contributed by atoms with Crippen LogP contribution in [0.2, 0.25) is 0 Å².